The number of rotatable bonds is 3. The van der Waals surface area contributed by atoms with Gasteiger partial charge in [0.25, 0.3) is 5.56 Å². The average Bonchev–Trinajstić information content (AvgIpc) is 3.17. The van der Waals surface area contributed by atoms with Crippen molar-refractivity contribution in [3.05, 3.63) is 86.8 Å². The van der Waals surface area contributed by atoms with Crippen LogP contribution in [0.15, 0.2) is 64.2 Å². The normalized spacial score (nSPS) is 13.6. The van der Waals surface area contributed by atoms with Crippen LogP contribution in [0.3, 0.4) is 0 Å². The minimum atomic E-state index is -0.516. The van der Waals surface area contributed by atoms with E-state index < -0.39 is 17.1 Å². The van der Waals surface area contributed by atoms with Crippen molar-refractivity contribution in [2.45, 2.75) is 19.5 Å². The first-order chi connectivity index (χ1) is 14.6. The van der Waals surface area contributed by atoms with E-state index in [9.17, 15) is 14.0 Å². The van der Waals surface area contributed by atoms with Crippen molar-refractivity contribution in [2.75, 3.05) is 11.4 Å². The molecule has 1 aliphatic heterocycles. The molecule has 0 aliphatic carbocycles. The lowest BCUT2D eigenvalue weighted by molar-refractivity contribution is 0.578. The third kappa shape index (κ3) is 2.75. The molecule has 152 valence electrons. The number of aryl methyl sites for hydroxylation is 2. The molecule has 0 atom stereocenters. The van der Waals surface area contributed by atoms with Crippen LogP contribution in [0.4, 0.5) is 16.0 Å². The standard InChI is InChI=1S/C22H20FN5O2/c1-25-19-18(20(29)28(22(25)30)14-15-8-5-6-11-17(15)23)27-13-7-12-26(21(27)24-19)16-9-3-2-4-10-16/h2-6,8-11H,7,12-14H2,1H3. The predicted octanol–water partition coefficient (Wildman–Crippen LogP) is 2.63. The summed E-state index contributed by atoms with van der Waals surface area (Å²) in [4.78, 5) is 33.0. The Hall–Kier alpha value is -3.68. The molecule has 5 rings (SSSR count). The first kappa shape index (κ1) is 18.4. The van der Waals surface area contributed by atoms with Crippen molar-refractivity contribution in [1.29, 1.82) is 0 Å². The topological polar surface area (TPSA) is 65.1 Å². The summed E-state index contributed by atoms with van der Waals surface area (Å²) in [6.07, 6.45) is 0.836. The Bertz CT molecular complexity index is 1370. The van der Waals surface area contributed by atoms with Crippen molar-refractivity contribution in [1.82, 2.24) is 18.7 Å². The fourth-order valence-corrected chi connectivity index (χ4v) is 4.05. The van der Waals surface area contributed by atoms with Gasteiger partial charge in [-0.1, -0.05) is 36.4 Å². The Morgan fingerprint density at radius 1 is 1.00 bits per heavy atom. The first-order valence-corrected chi connectivity index (χ1v) is 9.82. The molecule has 1 aliphatic rings. The molecule has 0 radical (unpaired) electrons. The molecule has 0 bridgehead atoms. The van der Waals surface area contributed by atoms with Crippen LogP contribution in [0.1, 0.15) is 12.0 Å². The lowest BCUT2D eigenvalue weighted by Crippen LogP contribution is -2.40. The first-order valence-electron chi connectivity index (χ1n) is 9.82. The zero-order valence-corrected chi connectivity index (χ0v) is 16.5. The summed E-state index contributed by atoms with van der Waals surface area (Å²) < 4.78 is 18.5. The molecule has 2 aromatic carbocycles. The van der Waals surface area contributed by atoms with Gasteiger partial charge >= 0.3 is 5.69 Å². The fraction of sp³-hybridized carbons (Fsp3) is 0.227. The van der Waals surface area contributed by atoms with Gasteiger partial charge in [-0.2, -0.15) is 4.98 Å². The molecule has 8 heteroatoms. The summed E-state index contributed by atoms with van der Waals surface area (Å²) in [5.74, 6) is 0.190. The van der Waals surface area contributed by atoms with Crippen molar-refractivity contribution in [3.63, 3.8) is 0 Å². The fourth-order valence-electron chi connectivity index (χ4n) is 4.05. The van der Waals surface area contributed by atoms with Gasteiger partial charge in [-0.15, -0.1) is 0 Å². The minimum Gasteiger partial charge on any atom is -0.312 e. The molecular weight excluding hydrogens is 385 g/mol. The maximum absolute atomic E-state index is 14.2. The highest BCUT2D eigenvalue weighted by molar-refractivity contribution is 5.77. The van der Waals surface area contributed by atoms with E-state index in [-0.39, 0.29) is 6.54 Å². The number of para-hydroxylation sites is 1. The molecule has 0 spiro atoms. The van der Waals surface area contributed by atoms with Gasteiger partial charge < -0.3 is 9.47 Å². The molecule has 0 amide bonds. The van der Waals surface area contributed by atoms with Crippen LogP contribution in [0.5, 0.6) is 0 Å². The number of nitrogens with zero attached hydrogens (tertiary/aromatic N) is 5. The van der Waals surface area contributed by atoms with Crippen molar-refractivity contribution >= 4 is 22.8 Å². The SMILES string of the molecule is Cn1c(=O)n(Cc2ccccc2F)c(=O)c2c1nc1n2CCCN1c1ccccc1. The molecule has 0 N–H and O–H groups in total. The van der Waals surface area contributed by atoms with E-state index in [2.05, 4.69) is 9.88 Å². The summed E-state index contributed by atoms with van der Waals surface area (Å²) in [6.45, 7) is 1.27. The smallest absolute Gasteiger partial charge is 0.312 e. The van der Waals surface area contributed by atoms with Gasteiger partial charge in [-0.05, 0) is 24.6 Å². The van der Waals surface area contributed by atoms with E-state index in [0.717, 1.165) is 23.2 Å². The second-order valence-electron chi connectivity index (χ2n) is 7.40. The van der Waals surface area contributed by atoms with E-state index in [1.807, 2.05) is 34.9 Å². The molecule has 30 heavy (non-hydrogen) atoms. The van der Waals surface area contributed by atoms with E-state index in [1.54, 1.807) is 25.2 Å². The van der Waals surface area contributed by atoms with Crippen LogP contribution in [0.25, 0.3) is 11.2 Å². The van der Waals surface area contributed by atoms with Crippen LogP contribution in [0.2, 0.25) is 0 Å². The predicted molar refractivity (Wildman–Crippen MR) is 113 cm³/mol. The summed E-state index contributed by atoms with van der Waals surface area (Å²) >= 11 is 0. The van der Waals surface area contributed by atoms with E-state index >= 15 is 0 Å². The molecule has 0 unspecified atom stereocenters. The largest absolute Gasteiger partial charge is 0.332 e. The van der Waals surface area contributed by atoms with Crippen molar-refractivity contribution in [2.24, 2.45) is 7.05 Å². The number of aromatic nitrogens is 4. The summed E-state index contributed by atoms with van der Waals surface area (Å²) in [6, 6.07) is 16.0. The van der Waals surface area contributed by atoms with Gasteiger partial charge in [0.15, 0.2) is 11.2 Å². The number of benzene rings is 2. The Morgan fingerprint density at radius 3 is 2.50 bits per heavy atom. The zero-order valence-electron chi connectivity index (χ0n) is 16.5. The van der Waals surface area contributed by atoms with Gasteiger partial charge in [0.1, 0.15) is 5.82 Å². The summed E-state index contributed by atoms with van der Waals surface area (Å²) in [5, 5.41) is 0. The lowest BCUT2D eigenvalue weighted by atomic mass is 10.2. The monoisotopic (exact) mass is 405 g/mol. The number of hydrogen-bond acceptors (Lipinski definition) is 4. The Balaban J connectivity index is 1.73. The average molecular weight is 405 g/mol. The second kappa shape index (κ2) is 6.98. The molecule has 0 saturated carbocycles. The van der Waals surface area contributed by atoms with E-state index in [1.165, 1.54) is 10.6 Å². The second-order valence-corrected chi connectivity index (χ2v) is 7.40. The van der Waals surface area contributed by atoms with Crippen molar-refractivity contribution in [3.8, 4) is 0 Å². The number of fused-ring (bicyclic) bond motifs is 3. The van der Waals surface area contributed by atoms with E-state index in [0.29, 0.717) is 29.2 Å². The van der Waals surface area contributed by atoms with Gasteiger partial charge in [0, 0.05) is 31.4 Å². The number of halogens is 1. The number of imidazole rings is 1. The Labute approximate surface area is 171 Å². The van der Waals surface area contributed by atoms with Gasteiger partial charge in [0.05, 0.1) is 6.54 Å². The maximum Gasteiger partial charge on any atom is 0.332 e. The third-order valence-electron chi connectivity index (χ3n) is 5.57. The van der Waals surface area contributed by atoms with Crippen LogP contribution in [0, 0.1) is 5.82 Å². The highest BCUT2D eigenvalue weighted by Gasteiger charge is 2.27. The molecule has 3 heterocycles. The Morgan fingerprint density at radius 2 is 1.73 bits per heavy atom. The zero-order chi connectivity index (χ0) is 20.8. The Kier molecular flexibility index (Phi) is 4.27. The molecule has 4 aromatic rings. The molecule has 0 saturated heterocycles. The quantitative estimate of drug-likeness (QED) is 0.526. The van der Waals surface area contributed by atoms with Crippen molar-refractivity contribution < 1.29 is 4.39 Å². The number of hydrogen-bond donors (Lipinski definition) is 0. The highest BCUT2D eigenvalue weighted by Crippen LogP contribution is 2.30. The van der Waals surface area contributed by atoms with Gasteiger partial charge in [0.2, 0.25) is 5.95 Å². The van der Waals surface area contributed by atoms with Crippen LogP contribution in [-0.4, -0.2) is 25.2 Å². The van der Waals surface area contributed by atoms with Gasteiger partial charge in [-0.25, -0.2) is 9.18 Å². The maximum atomic E-state index is 14.2. The molecule has 7 nitrogen and oxygen atoms in total. The van der Waals surface area contributed by atoms with Gasteiger partial charge in [-0.3, -0.25) is 13.9 Å². The molecule has 2 aromatic heterocycles. The molecule has 0 fully saturated rings. The van der Waals surface area contributed by atoms with Crippen LogP contribution < -0.4 is 16.1 Å². The van der Waals surface area contributed by atoms with E-state index in [4.69, 9.17) is 0 Å². The highest BCUT2D eigenvalue weighted by atomic mass is 19.1. The number of anilines is 2. The minimum absolute atomic E-state index is 0.128. The lowest BCUT2D eigenvalue weighted by Gasteiger charge is -2.28. The van der Waals surface area contributed by atoms with Crippen LogP contribution in [-0.2, 0) is 20.1 Å². The summed E-state index contributed by atoms with van der Waals surface area (Å²) in [7, 11) is 1.59. The summed E-state index contributed by atoms with van der Waals surface area (Å²) in [5.41, 5.74) is 1.00. The third-order valence-corrected chi connectivity index (χ3v) is 5.57. The van der Waals surface area contributed by atoms with Crippen LogP contribution >= 0.6 is 0 Å². The molecular formula is C22H20FN5O2.